The van der Waals surface area contributed by atoms with Crippen molar-refractivity contribution in [3.05, 3.63) is 35.4 Å². The zero-order valence-corrected chi connectivity index (χ0v) is 10.4. The van der Waals surface area contributed by atoms with Crippen molar-refractivity contribution >= 4 is 18.0 Å². The number of amides is 2. The van der Waals surface area contributed by atoms with E-state index in [0.717, 1.165) is 12.8 Å². The van der Waals surface area contributed by atoms with E-state index < -0.39 is 0 Å². The number of hydrogen-bond acceptors (Lipinski definition) is 3. The van der Waals surface area contributed by atoms with E-state index in [1.54, 1.807) is 24.3 Å². The van der Waals surface area contributed by atoms with Crippen molar-refractivity contribution in [1.29, 1.82) is 5.41 Å². The van der Waals surface area contributed by atoms with Crippen molar-refractivity contribution < 1.29 is 9.59 Å². The van der Waals surface area contributed by atoms with Crippen LogP contribution < -0.4 is 0 Å². The van der Waals surface area contributed by atoms with Crippen molar-refractivity contribution in [1.82, 2.24) is 4.90 Å². The van der Waals surface area contributed by atoms with Crippen LogP contribution in [0.3, 0.4) is 0 Å². The molecule has 4 rings (SSSR count). The fourth-order valence-corrected chi connectivity index (χ4v) is 3.86. The first kappa shape index (κ1) is 10.9. The normalized spacial score (nSPS) is 35.3. The minimum atomic E-state index is -0.140. The average molecular weight is 254 g/mol. The van der Waals surface area contributed by atoms with Gasteiger partial charge in [0.05, 0.1) is 11.1 Å². The summed E-state index contributed by atoms with van der Waals surface area (Å²) in [6, 6.07) is 7.09. The predicted octanol–water partition coefficient (Wildman–Crippen LogP) is 1.96. The van der Waals surface area contributed by atoms with Crippen molar-refractivity contribution in [2.24, 2.45) is 17.8 Å². The number of carbonyl (C=O) groups excluding carboxylic acids is 2. The molecule has 2 amide bonds. The zero-order chi connectivity index (χ0) is 13.1. The first-order valence-electron chi connectivity index (χ1n) is 6.70. The maximum atomic E-state index is 12.3. The van der Waals surface area contributed by atoms with Gasteiger partial charge in [-0.3, -0.25) is 14.5 Å². The Morgan fingerprint density at radius 3 is 2.05 bits per heavy atom. The van der Waals surface area contributed by atoms with Gasteiger partial charge in [-0.1, -0.05) is 12.1 Å². The molecule has 0 aromatic heterocycles. The second-order valence-corrected chi connectivity index (χ2v) is 5.72. The molecule has 2 aliphatic carbocycles. The van der Waals surface area contributed by atoms with Gasteiger partial charge in [-0.05, 0) is 48.9 Å². The van der Waals surface area contributed by atoms with Crippen LogP contribution in [0.25, 0.3) is 0 Å². The molecule has 1 aromatic rings. The van der Waals surface area contributed by atoms with Crippen LogP contribution in [-0.2, 0) is 0 Å². The Balaban J connectivity index is 1.61. The van der Waals surface area contributed by atoms with Crippen LogP contribution in [0.4, 0.5) is 0 Å². The summed E-state index contributed by atoms with van der Waals surface area (Å²) in [6.07, 6.45) is 3.26. The summed E-state index contributed by atoms with van der Waals surface area (Å²) in [4.78, 5) is 26.1. The first-order chi connectivity index (χ1) is 9.22. The van der Waals surface area contributed by atoms with E-state index in [1.807, 2.05) is 0 Å². The fourth-order valence-electron chi connectivity index (χ4n) is 3.86. The van der Waals surface area contributed by atoms with Crippen molar-refractivity contribution in [2.45, 2.75) is 18.9 Å². The molecule has 4 atom stereocenters. The van der Waals surface area contributed by atoms with Gasteiger partial charge in [0.15, 0.2) is 0 Å². The molecule has 2 fully saturated rings. The third-order valence-corrected chi connectivity index (χ3v) is 4.87. The number of fused-ring (bicyclic) bond motifs is 2. The van der Waals surface area contributed by atoms with Crippen LogP contribution >= 0.6 is 0 Å². The highest BCUT2D eigenvalue weighted by atomic mass is 16.2. The second-order valence-electron chi connectivity index (χ2n) is 5.72. The Kier molecular flexibility index (Phi) is 2.03. The summed E-state index contributed by atoms with van der Waals surface area (Å²) in [6.45, 7) is 0. The van der Waals surface area contributed by atoms with Crippen LogP contribution in [0, 0.1) is 23.2 Å². The minimum absolute atomic E-state index is 0.0404. The average Bonchev–Trinajstić information content (AvgIpc) is 2.77. The Morgan fingerprint density at radius 1 is 1.05 bits per heavy atom. The fraction of sp³-hybridized carbons (Fsp3) is 0.400. The molecular weight excluding hydrogens is 240 g/mol. The summed E-state index contributed by atoms with van der Waals surface area (Å²) in [7, 11) is 0. The molecule has 1 aromatic carbocycles. The second kappa shape index (κ2) is 3.53. The highest BCUT2D eigenvalue weighted by Gasteiger charge is 2.58. The summed E-state index contributed by atoms with van der Waals surface area (Å²) < 4.78 is 0. The van der Waals surface area contributed by atoms with E-state index in [4.69, 9.17) is 5.41 Å². The zero-order valence-electron chi connectivity index (χ0n) is 10.4. The Bertz CT molecular complexity index is 563. The number of nitrogens with one attached hydrogen (secondary N) is 1. The Hall–Kier alpha value is -1.97. The third-order valence-electron chi connectivity index (χ3n) is 4.87. The Labute approximate surface area is 110 Å². The molecule has 0 bridgehead atoms. The Morgan fingerprint density at radius 2 is 1.58 bits per heavy atom. The smallest absolute Gasteiger partial charge is 0.261 e. The van der Waals surface area contributed by atoms with E-state index >= 15 is 0 Å². The van der Waals surface area contributed by atoms with Gasteiger partial charge in [-0.15, -0.1) is 0 Å². The van der Waals surface area contributed by atoms with Gasteiger partial charge < -0.3 is 5.41 Å². The molecule has 0 saturated heterocycles. The van der Waals surface area contributed by atoms with Gasteiger partial charge >= 0.3 is 0 Å². The quantitative estimate of drug-likeness (QED) is 0.647. The molecule has 0 spiro atoms. The number of benzene rings is 1. The summed E-state index contributed by atoms with van der Waals surface area (Å²) in [5, 5.41) is 7.31. The number of carbonyl (C=O) groups is 2. The monoisotopic (exact) mass is 254 g/mol. The molecule has 3 aliphatic rings. The summed E-state index contributed by atoms with van der Waals surface area (Å²) in [5.41, 5.74) is 1.08. The van der Waals surface area contributed by atoms with Gasteiger partial charge in [0.2, 0.25) is 0 Å². The van der Waals surface area contributed by atoms with Gasteiger partial charge in [0, 0.05) is 6.04 Å². The third kappa shape index (κ3) is 1.31. The SMILES string of the molecule is N=CC1[C@H]2CC(N3C(=O)c4ccccc4C3=O)C[C@@H]12. The van der Waals surface area contributed by atoms with Gasteiger partial charge in [-0.2, -0.15) is 0 Å². The van der Waals surface area contributed by atoms with Crippen LogP contribution in [0.5, 0.6) is 0 Å². The van der Waals surface area contributed by atoms with E-state index in [-0.39, 0.29) is 17.9 Å². The van der Waals surface area contributed by atoms with Crippen LogP contribution in [0.2, 0.25) is 0 Å². The standard InChI is InChI=1S/C15H14N2O2/c16-7-13-11-5-8(6-12(11)13)17-14(18)9-3-1-2-4-10(9)15(17)19/h1-4,7-8,11-13,16H,5-6H2/t8?,11-,12+,13?. The minimum Gasteiger partial charge on any atom is -0.313 e. The molecule has 0 radical (unpaired) electrons. The van der Waals surface area contributed by atoms with Crippen molar-refractivity contribution in [3.8, 4) is 0 Å². The summed E-state index contributed by atoms with van der Waals surface area (Å²) in [5.74, 6) is 1.15. The molecule has 19 heavy (non-hydrogen) atoms. The summed E-state index contributed by atoms with van der Waals surface area (Å²) >= 11 is 0. The highest BCUT2D eigenvalue weighted by Crippen LogP contribution is 2.57. The molecule has 2 unspecified atom stereocenters. The van der Waals surface area contributed by atoms with E-state index in [1.165, 1.54) is 11.1 Å². The number of imide groups is 1. The van der Waals surface area contributed by atoms with Crippen LogP contribution in [0.15, 0.2) is 24.3 Å². The number of nitrogens with zero attached hydrogens (tertiary/aromatic N) is 1. The molecule has 1 heterocycles. The lowest BCUT2D eigenvalue weighted by atomic mass is 10.1. The molecular formula is C15H14N2O2. The molecule has 96 valence electrons. The van der Waals surface area contributed by atoms with E-state index in [9.17, 15) is 9.59 Å². The number of hydrogen-bond donors (Lipinski definition) is 1. The predicted molar refractivity (Wildman–Crippen MR) is 69.2 cm³/mol. The largest absolute Gasteiger partial charge is 0.313 e. The first-order valence-corrected chi connectivity index (χ1v) is 6.70. The topological polar surface area (TPSA) is 61.2 Å². The number of rotatable bonds is 2. The van der Waals surface area contributed by atoms with E-state index in [2.05, 4.69) is 0 Å². The van der Waals surface area contributed by atoms with Crippen molar-refractivity contribution in [2.75, 3.05) is 0 Å². The van der Waals surface area contributed by atoms with Gasteiger partial charge in [0.1, 0.15) is 0 Å². The molecule has 4 nitrogen and oxygen atoms in total. The van der Waals surface area contributed by atoms with Crippen molar-refractivity contribution in [3.63, 3.8) is 0 Å². The lowest BCUT2D eigenvalue weighted by Gasteiger charge is -2.23. The molecule has 2 saturated carbocycles. The van der Waals surface area contributed by atoms with Gasteiger partial charge in [0.25, 0.3) is 11.8 Å². The van der Waals surface area contributed by atoms with Crippen LogP contribution in [-0.4, -0.2) is 29.0 Å². The molecule has 1 aliphatic heterocycles. The lowest BCUT2D eigenvalue weighted by molar-refractivity contribution is 0.0576. The van der Waals surface area contributed by atoms with Gasteiger partial charge in [-0.25, -0.2) is 0 Å². The van der Waals surface area contributed by atoms with E-state index in [0.29, 0.717) is 28.9 Å². The maximum absolute atomic E-state index is 12.3. The molecule has 4 heteroatoms. The van der Waals surface area contributed by atoms with Crippen LogP contribution in [0.1, 0.15) is 33.6 Å². The maximum Gasteiger partial charge on any atom is 0.261 e. The molecule has 1 N–H and O–H groups in total. The highest BCUT2D eigenvalue weighted by molar-refractivity contribution is 6.21. The lowest BCUT2D eigenvalue weighted by Crippen LogP contribution is -2.39.